The van der Waals surface area contributed by atoms with Gasteiger partial charge < -0.3 is 4.74 Å². The van der Waals surface area contributed by atoms with Gasteiger partial charge in [0.05, 0.1) is 11.4 Å². The van der Waals surface area contributed by atoms with E-state index in [1.54, 1.807) is 54.7 Å². The fourth-order valence-corrected chi connectivity index (χ4v) is 4.97. The first kappa shape index (κ1) is 24.2. The summed E-state index contributed by atoms with van der Waals surface area (Å²) in [6.07, 6.45) is 3.05. The molecule has 0 N–H and O–H groups in total. The van der Waals surface area contributed by atoms with Gasteiger partial charge in [0.25, 0.3) is 11.5 Å². The second kappa shape index (κ2) is 9.85. The van der Waals surface area contributed by atoms with Crippen molar-refractivity contribution >= 4 is 57.5 Å². The summed E-state index contributed by atoms with van der Waals surface area (Å²) in [6, 6.07) is 16.1. The molecule has 6 nitrogen and oxygen atoms in total. The molecule has 1 aliphatic heterocycles. The molecule has 1 saturated heterocycles. The van der Waals surface area contributed by atoms with Crippen molar-refractivity contribution in [1.82, 2.24) is 14.3 Å². The third kappa shape index (κ3) is 4.77. The molecule has 0 aliphatic carbocycles. The number of amides is 1. The van der Waals surface area contributed by atoms with Crippen LogP contribution < -0.4 is 10.3 Å². The molecule has 10 heteroatoms. The van der Waals surface area contributed by atoms with Crippen molar-refractivity contribution in [3.8, 4) is 11.6 Å². The van der Waals surface area contributed by atoms with Crippen LogP contribution in [0.3, 0.4) is 0 Å². The Kier molecular flexibility index (Phi) is 6.61. The number of pyridine rings is 1. The molecule has 0 radical (unpaired) electrons. The quantitative estimate of drug-likeness (QED) is 0.230. The zero-order valence-corrected chi connectivity index (χ0v) is 21.2. The zero-order chi connectivity index (χ0) is 25.4. The highest BCUT2D eigenvalue weighted by Gasteiger charge is 2.33. The van der Waals surface area contributed by atoms with Crippen LogP contribution in [0.5, 0.6) is 11.6 Å². The first-order valence-electron chi connectivity index (χ1n) is 10.8. The molecule has 36 heavy (non-hydrogen) atoms. The topological polar surface area (TPSA) is 63.9 Å². The molecule has 3 heterocycles. The Labute approximate surface area is 220 Å². The van der Waals surface area contributed by atoms with E-state index in [0.717, 1.165) is 22.9 Å². The Morgan fingerprint density at radius 2 is 1.92 bits per heavy atom. The van der Waals surface area contributed by atoms with Crippen LogP contribution >= 0.6 is 35.6 Å². The summed E-state index contributed by atoms with van der Waals surface area (Å²) in [5.41, 5.74) is 1.63. The monoisotopic (exact) mass is 537 g/mol. The molecule has 1 aliphatic rings. The highest BCUT2D eigenvalue weighted by molar-refractivity contribution is 8.26. The number of carbonyl (C=O) groups excluding carboxylic acids is 1. The van der Waals surface area contributed by atoms with E-state index in [-0.39, 0.29) is 34.6 Å². The van der Waals surface area contributed by atoms with Crippen molar-refractivity contribution < 1.29 is 13.9 Å². The number of benzene rings is 2. The van der Waals surface area contributed by atoms with Gasteiger partial charge in [-0.25, -0.2) is 4.39 Å². The number of fused-ring (bicyclic) bond motifs is 1. The van der Waals surface area contributed by atoms with Crippen LogP contribution in [0.2, 0.25) is 5.02 Å². The van der Waals surface area contributed by atoms with Gasteiger partial charge in [-0.1, -0.05) is 53.8 Å². The average molecular weight is 538 g/mol. The number of thiocarbonyl (C=S) groups is 1. The number of ether oxygens (including phenoxy) is 1. The maximum absolute atomic E-state index is 13.4. The Bertz CT molecular complexity index is 1620. The maximum atomic E-state index is 13.4. The lowest BCUT2D eigenvalue weighted by Crippen LogP contribution is -2.27. The van der Waals surface area contributed by atoms with Crippen LogP contribution in [-0.2, 0) is 11.3 Å². The van der Waals surface area contributed by atoms with Gasteiger partial charge in [-0.3, -0.25) is 18.9 Å². The Morgan fingerprint density at radius 3 is 2.67 bits per heavy atom. The minimum atomic E-state index is -0.398. The smallest absolute Gasteiger partial charge is 0.269 e. The van der Waals surface area contributed by atoms with Crippen molar-refractivity contribution in [3.63, 3.8) is 0 Å². The zero-order valence-electron chi connectivity index (χ0n) is 18.8. The highest BCUT2D eigenvalue weighted by atomic mass is 35.5. The first-order chi connectivity index (χ1) is 17.3. The maximum Gasteiger partial charge on any atom is 0.269 e. The molecule has 2 aromatic heterocycles. The molecule has 1 fully saturated rings. The van der Waals surface area contributed by atoms with Gasteiger partial charge in [-0.05, 0) is 66.6 Å². The van der Waals surface area contributed by atoms with Crippen LogP contribution in [0.15, 0.2) is 76.6 Å². The summed E-state index contributed by atoms with van der Waals surface area (Å²) in [4.78, 5) is 32.8. The number of carbonyl (C=O) groups is 1. The standard InChI is InChI=1S/C26H17ClFN3O3S2/c1-15-12-18(9-10-20(15)27)34-23-19(24(32)30-11-3-2-4-22(30)29-23)13-21-25(33)31(26(35)36-21)14-16-5-7-17(28)8-6-16/h2-13H,14H2,1H3/b21-13+. The molecule has 0 bridgehead atoms. The Balaban J connectivity index is 1.55. The lowest BCUT2D eigenvalue weighted by Gasteiger charge is -2.14. The van der Waals surface area contributed by atoms with Crippen molar-refractivity contribution in [3.05, 3.63) is 110 Å². The van der Waals surface area contributed by atoms with Crippen molar-refractivity contribution in [1.29, 1.82) is 0 Å². The molecule has 0 unspecified atom stereocenters. The van der Waals surface area contributed by atoms with E-state index in [9.17, 15) is 14.0 Å². The SMILES string of the molecule is Cc1cc(Oc2nc3ccccn3c(=O)c2/C=C2/SC(=S)N(Cc3ccc(F)cc3)C2=O)ccc1Cl. The Morgan fingerprint density at radius 1 is 1.14 bits per heavy atom. The number of hydrogen-bond donors (Lipinski definition) is 0. The number of halogens is 2. The second-order valence-corrected chi connectivity index (χ2v) is 10.1. The van der Waals surface area contributed by atoms with Crippen molar-refractivity contribution in [2.45, 2.75) is 13.5 Å². The minimum Gasteiger partial charge on any atom is -0.438 e. The van der Waals surface area contributed by atoms with Gasteiger partial charge in [-0.15, -0.1) is 0 Å². The molecule has 0 spiro atoms. The molecular weight excluding hydrogens is 521 g/mol. The second-order valence-electron chi connectivity index (χ2n) is 7.97. The van der Waals surface area contributed by atoms with Gasteiger partial charge in [0.2, 0.25) is 5.88 Å². The van der Waals surface area contributed by atoms with Gasteiger partial charge in [0, 0.05) is 11.2 Å². The van der Waals surface area contributed by atoms with E-state index in [0.29, 0.717) is 20.7 Å². The van der Waals surface area contributed by atoms with Crippen LogP contribution in [0.1, 0.15) is 16.7 Å². The average Bonchev–Trinajstić information content (AvgIpc) is 3.12. The van der Waals surface area contributed by atoms with Crippen LogP contribution in [0.25, 0.3) is 11.7 Å². The lowest BCUT2D eigenvalue weighted by atomic mass is 10.2. The highest BCUT2D eigenvalue weighted by Crippen LogP contribution is 2.35. The van der Waals surface area contributed by atoms with E-state index >= 15 is 0 Å². The van der Waals surface area contributed by atoms with Crippen LogP contribution in [-0.4, -0.2) is 24.5 Å². The number of nitrogens with zero attached hydrogens (tertiary/aromatic N) is 3. The number of thioether (sulfide) groups is 1. The van der Waals surface area contributed by atoms with Crippen molar-refractivity contribution in [2.75, 3.05) is 0 Å². The number of aromatic nitrogens is 2. The largest absolute Gasteiger partial charge is 0.438 e. The summed E-state index contributed by atoms with van der Waals surface area (Å²) in [6.45, 7) is 2.02. The predicted octanol–water partition coefficient (Wildman–Crippen LogP) is 5.99. The number of hydrogen-bond acceptors (Lipinski definition) is 6. The molecule has 0 atom stereocenters. The van der Waals surface area contributed by atoms with Crippen LogP contribution in [0, 0.1) is 12.7 Å². The van der Waals surface area contributed by atoms with Crippen LogP contribution in [0.4, 0.5) is 4.39 Å². The Hall–Kier alpha value is -3.53. The van der Waals surface area contributed by atoms with E-state index < -0.39 is 5.56 Å². The molecule has 0 saturated carbocycles. The van der Waals surface area contributed by atoms with Gasteiger partial charge >= 0.3 is 0 Å². The molecule has 4 aromatic rings. The van der Waals surface area contributed by atoms with Gasteiger partial charge in [-0.2, -0.15) is 4.98 Å². The van der Waals surface area contributed by atoms with E-state index in [4.69, 9.17) is 28.6 Å². The lowest BCUT2D eigenvalue weighted by molar-refractivity contribution is -0.122. The summed E-state index contributed by atoms with van der Waals surface area (Å²) < 4.78 is 21.0. The fraction of sp³-hybridized carbons (Fsp3) is 0.0769. The molecular formula is C26H17ClFN3O3S2. The van der Waals surface area contributed by atoms with Gasteiger partial charge in [0.1, 0.15) is 27.1 Å². The van der Waals surface area contributed by atoms with E-state index in [1.165, 1.54) is 27.5 Å². The molecule has 2 aromatic carbocycles. The van der Waals surface area contributed by atoms with Gasteiger partial charge in [0.15, 0.2) is 0 Å². The fourth-order valence-electron chi connectivity index (χ4n) is 3.62. The molecule has 5 rings (SSSR count). The third-order valence-electron chi connectivity index (χ3n) is 5.48. The summed E-state index contributed by atoms with van der Waals surface area (Å²) in [7, 11) is 0. The van der Waals surface area contributed by atoms with Crippen molar-refractivity contribution in [2.24, 2.45) is 0 Å². The minimum absolute atomic E-state index is 0.0525. The number of rotatable bonds is 5. The third-order valence-corrected chi connectivity index (χ3v) is 7.28. The van der Waals surface area contributed by atoms with E-state index in [2.05, 4.69) is 4.98 Å². The summed E-state index contributed by atoms with van der Waals surface area (Å²) in [5.74, 6) is -0.226. The molecule has 1 amide bonds. The first-order valence-corrected chi connectivity index (χ1v) is 12.4. The summed E-state index contributed by atoms with van der Waals surface area (Å²) >= 11 is 12.6. The summed E-state index contributed by atoms with van der Waals surface area (Å²) in [5, 5.41) is 0.582. The predicted molar refractivity (Wildman–Crippen MR) is 143 cm³/mol. The van der Waals surface area contributed by atoms with E-state index in [1.807, 2.05) is 6.92 Å². The number of aryl methyl sites for hydroxylation is 1. The normalized spacial score (nSPS) is 14.8. The molecule has 180 valence electrons.